The van der Waals surface area contributed by atoms with Crippen LogP contribution in [-0.2, 0) is 9.59 Å². The van der Waals surface area contributed by atoms with Gasteiger partial charge in [0.1, 0.15) is 0 Å². The average Bonchev–Trinajstić information content (AvgIpc) is 3.03. The summed E-state index contributed by atoms with van der Waals surface area (Å²) in [5, 5.41) is 37.7. The van der Waals surface area contributed by atoms with Crippen LogP contribution in [0.25, 0.3) is 11.6 Å². The Hall–Kier alpha value is -3.22. The quantitative estimate of drug-likeness (QED) is 0.462. The molecular weight excluding hydrogens is 360 g/mol. The zero-order valence-electron chi connectivity index (χ0n) is 15.6. The molecule has 0 amide bonds. The fraction of sp³-hybridized carbons (Fsp3) is 0.182. The summed E-state index contributed by atoms with van der Waals surface area (Å²) in [5.41, 5.74) is 2.79. The molecule has 4 N–H and O–H groups in total. The molecular formula is C22H24O6. The van der Waals surface area contributed by atoms with Crippen molar-refractivity contribution in [1.82, 2.24) is 0 Å². The molecule has 6 nitrogen and oxygen atoms in total. The molecule has 0 unspecified atom stereocenters. The molecule has 0 radical (unpaired) electrons. The van der Waals surface area contributed by atoms with Crippen molar-refractivity contribution in [2.45, 2.75) is 25.6 Å². The van der Waals surface area contributed by atoms with Crippen LogP contribution in [0.5, 0.6) is 0 Å². The van der Waals surface area contributed by atoms with Crippen LogP contribution >= 0.6 is 0 Å². The Morgan fingerprint density at radius 1 is 1.04 bits per heavy atom. The van der Waals surface area contributed by atoms with E-state index in [0.717, 1.165) is 34.9 Å². The van der Waals surface area contributed by atoms with Crippen molar-refractivity contribution < 1.29 is 30.0 Å². The predicted octanol–water partition coefficient (Wildman–Crippen LogP) is 1.49. The minimum atomic E-state index is -1.80. The largest absolute Gasteiger partial charge is 0.478 e. The fourth-order valence-corrected chi connectivity index (χ4v) is 2.74. The van der Waals surface area contributed by atoms with E-state index in [0.29, 0.717) is 12.0 Å². The van der Waals surface area contributed by atoms with Gasteiger partial charge in [-0.25, -0.2) is 9.59 Å². The summed E-state index contributed by atoms with van der Waals surface area (Å²) in [6.07, 6.45) is 8.61. The van der Waals surface area contributed by atoms with E-state index < -0.39 is 17.7 Å². The van der Waals surface area contributed by atoms with Gasteiger partial charge in [0.05, 0.1) is 0 Å². The molecule has 1 aromatic carbocycles. The van der Waals surface area contributed by atoms with E-state index in [2.05, 4.69) is 31.4 Å². The molecule has 0 aliphatic heterocycles. The predicted molar refractivity (Wildman–Crippen MR) is 107 cm³/mol. The Labute approximate surface area is 163 Å². The van der Waals surface area contributed by atoms with Crippen molar-refractivity contribution in [3.8, 4) is 0 Å². The minimum Gasteiger partial charge on any atom is -0.478 e. The lowest BCUT2D eigenvalue weighted by Gasteiger charge is -2.27. The zero-order chi connectivity index (χ0) is 21.3. The van der Waals surface area contributed by atoms with Crippen molar-refractivity contribution in [3.05, 3.63) is 83.3 Å². The lowest BCUT2D eigenvalue weighted by atomic mass is 9.87. The first-order valence-corrected chi connectivity index (χ1v) is 8.57. The topological polar surface area (TPSA) is 115 Å². The number of benzene rings is 1. The standard InChI is InChI=1S/C16H16O2.2C3H4O2/c1-2-5-15-14-10-11-6-3-4-7-12(11)13(14)8-9-16(15,17)18;2*1-2-3(4)5/h3-4,6-10,17-18H,2,5H2,1H3;2*2H,1H2,(H,4,5). The van der Waals surface area contributed by atoms with Crippen LogP contribution in [0.1, 0.15) is 19.8 Å². The molecule has 2 aliphatic carbocycles. The Morgan fingerprint density at radius 3 is 2.07 bits per heavy atom. The molecule has 0 bridgehead atoms. The SMILES string of the molecule is C=CC(=O)O.C=CC(=O)O.CCCC1=C2C=c3ccccc3=C2C=CC1(O)O. The Bertz CT molecular complexity index is 929. The number of hydrogen-bond donors (Lipinski definition) is 4. The highest BCUT2D eigenvalue weighted by Crippen LogP contribution is 2.35. The maximum atomic E-state index is 10.1. The molecule has 0 spiro atoms. The average molecular weight is 384 g/mol. The third kappa shape index (κ3) is 5.90. The van der Waals surface area contributed by atoms with Crippen LogP contribution in [0.15, 0.2) is 72.9 Å². The summed E-state index contributed by atoms with van der Waals surface area (Å²) in [7, 11) is 0. The molecule has 148 valence electrons. The molecule has 0 saturated heterocycles. The van der Waals surface area contributed by atoms with Crippen molar-refractivity contribution in [1.29, 1.82) is 0 Å². The van der Waals surface area contributed by atoms with Crippen molar-refractivity contribution in [2.24, 2.45) is 0 Å². The van der Waals surface area contributed by atoms with Gasteiger partial charge in [0.15, 0.2) is 0 Å². The van der Waals surface area contributed by atoms with Gasteiger partial charge in [-0.15, -0.1) is 0 Å². The second kappa shape index (κ2) is 10.2. The molecule has 0 aromatic heterocycles. The Morgan fingerprint density at radius 2 is 1.57 bits per heavy atom. The van der Waals surface area contributed by atoms with Gasteiger partial charge in [0.25, 0.3) is 0 Å². The highest BCUT2D eigenvalue weighted by molar-refractivity contribution is 5.90. The van der Waals surface area contributed by atoms with E-state index in [-0.39, 0.29) is 0 Å². The fourth-order valence-electron chi connectivity index (χ4n) is 2.74. The van der Waals surface area contributed by atoms with Crippen molar-refractivity contribution in [3.63, 3.8) is 0 Å². The molecule has 1 aromatic rings. The van der Waals surface area contributed by atoms with Crippen LogP contribution in [0, 0.1) is 0 Å². The second-order valence-electron chi connectivity index (χ2n) is 5.93. The van der Waals surface area contributed by atoms with Gasteiger partial charge in [0.2, 0.25) is 5.79 Å². The van der Waals surface area contributed by atoms with E-state index in [1.54, 1.807) is 0 Å². The molecule has 0 heterocycles. The van der Waals surface area contributed by atoms with Gasteiger partial charge in [-0.3, -0.25) is 0 Å². The first-order chi connectivity index (χ1) is 13.2. The van der Waals surface area contributed by atoms with Gasteiger partial charge in [-0.1, -0.05) is 56.8 Å². The monoisotopic (exact) mass is 384 g/mol. The van der Waals surface area contributed by atoms with Crippen LogP contribution in [0.2, 0.25) is 0 Å². The van der Waals surface area contributed by atoms with Crippen LogP contribution in [0.4, 0.5) is 0 Å². The van der Waals surface area contributed by atoms with E-state index in [9.17, 15) is 19.8 Å². The van der Waals surface area contributed by atoms with E-state index >= 15 is 0 Å². The third-order valence-electron chi connectivity index (χ3n) is 3.94. The van der Waals surface area contributed by atoms with Gasteiger partial charge < -0.3 is 20.4 Å². The number of carboxylic acids is 2. The number of hydrogen-bond acceptors (Lipinski definition) is 4. The normalized spacial score (nSPS) is 14.9. The smallest absolute Gasteiger partial charge is 0.327 e. The van der Waals surface area contributed by atoms with Gasteiger partial charge in [-0.2, -0.15) is 0 Å². The molecule has 28 heavy (non-hydrogen) atoms. The van der Waals surface area contributed by atoms with Gasteiger partial charge in [0, 0.05) is 17.7 Å². The number of rotatable bonds is 4. The lowest BCUT2D eigenvalue weighted by Crippen LogP contribution is -2.31. The van der Waals surface area contributed by atoms with Crippen LogP contribution in [-0.4, -0.2) is 38.2 Å². The Balaban J connectivity index is 0.000000329. The molecule has 0 atom stereocenters. The molecule has 2 aliphatic rings. The molecule has 6 heteroatoms. The number of aliphatic hydroxyl groups is 2. The van der Waals surface area contributed by atoms with Crippen LogP contribution in [0.3, 0.4) is 0 Å². The maximum Gasteiger partial charge on any atom is 0.327 e. The number of carboxylic acid groups (broad SMARTS) is 2. The molecule has 0 saturated carbocycles. The summed E-state index contributed by atoms with van der Waals surface area (Å²) >= 11 is 0. The lowest BCUT2D eigenvalue weighted by molar-refractivity contribution is -0.132. The zero-order valence-corrected chi connectivity index (χ0v) is 15.6. The number of carbonyl (C=O) groups is 2. The van der Waals surface area contributed by atoms with Crippen molar-refractivity contribution >= 4 is 23.6 Å². The van der Waals surface area contributed by atoms with E-state index in [4.69, 9.17) is 10.2 Å². The summed E-state index contributed by atoms with van der Waals surface area (Å²) in [6.45, 7) is 7.97. The highest BCUT2D eigenvalue weighted by atomic mass is 16.5. The number of allylic oxidation sites excluding steroid dienone is 2. The third-order valence-corrected chi connectivity index (χ3v) is 3.94. The second-order valence-corrected chi connectivity index (χ2v) is 5.93. The van der Waals surface area contributed by atoms with Gasteiger partial charge >= 0.3 is 11.9 Å². The molecule has 0 fully saturated rings. The van der Waals surface area contributed by atoms with Crippen LogP contribution < -0.4 is 10.4 Å². The summed E-state index contributed by atoms with van der Waals surface area (Å²) in [4.78, 5) is 18.5. The maximum absolute atomic E-state index is 10.1. The minimum absolute atomic E-state index is 0.695. The molecule has 3 rings (SSSR count). The van der Waals surface area contributed by atoms with Gasteiger partial charge in [-0.05, 0) is 40.2 Å². The van der Waals surface area contributed by atoms with E-state index in [1.807, 2.05) is 25.1 Å². The highest BCUT2D eigenvalue weighted by Gasteiger charge is 2.32. The summed E-state index contributed by atoms with van der Waals surface area (Å²) in [5.74, 6) is -3.76. The summed E-state index contributed by atoms with van der Waals surface area (Å²) in [6, 6.07) is 8.14. The Kier molecular flexibility index (Phi) is 8.31. The number of fused-ring (bicyclic) bond motifs is 2. The first-order valence-electron chi connectivity index (χ1n) is 8.57. The van der Waals surface area contributed by atoms with Crippen molar-refractivity contribution in [2.75, 3.05) is 0 Å². The van der Waals surface area contributed by atoms with E-state index in [1.165, 1.54) is 11.3 Å². The summed E-state index contributed by atoms with van der Waals surface area (Å²) < 4.78 is 0. The first kappa shape index (κ1) is 22.8. The number of aliphatic carboxylic acids is 2.